The smallest absolute Gasteiger partial charge is 0.295 e. The lowest BCUT2D eigenvalue weighted by Crippen LogP contribution is -2.42. The van der Waals surface area contributed by atoms with Crippen molar-refractivity contribution in [3.63, 3.8) is 0 Å². The topological polar surface area (TPSA) is 315 Å². The number of benzene rings is 5. The quantitative estimate of drug-likeness (QED) is 0.0174. The minimum absolute atomic E-state index is 0.0320. The van der Waals surface area contributed by atoms with Gasteiger partial charge in [0.1, 0.15) is 11.4 Å². The van der Waals surface area contributed by atoms with Gasteiger partial charge in [0, 0.05) is 71.6 Å². The zero-order chi connectivity index (χ0) is 57.1. The van der Waals surface area contributed by atoms with Crippen LogP contribution >= 0.6 is 0 Å². The molecule has 0 spiro atoms. The fourth-order valence-corrected chi connectivity index (χ4v) is 13.7. The third-order valence-electron chi connectivity index (χ3n) is 14.4. The summed E-state index contributed by atoms with van der Waals surface area (Å²) in [6.45, 7) is 12.2. The average Bonchev–Trinajstić information content (AvgIpc) is 3.70. The summed E-state index contributed by atoms with van der Waals surface area (Å²) < 4.78 is 165. The Morgan fingerprint density at radius 3 is 2.03 bits per heavy atom. The van der Waals surface area contributed by atoms with Crippen LogP contribution in [0.4, 0.5) is 17.1 Å². The summed E-state index contributed by atoms with van der Waals surface area (Å²) in [4.78, 5) is 18.4. The number of anilines is 2. The summed E-state index contributed by atoms with van der Waals surface area (Å²) in [7, 11) is -19.1. The highest BCUT2D eigenvalue weighted by atomic mass is 32.2. The highest BCUT2D eigenvalue weighted by molar-refractivity contribution is 7.87. The summed E-state index contributed by atoms with van der Waals surface area (Å²) in [6, 6.07) is 20.8. The molecule has 2 atom stereocenters. The van der Waals surface area contributed by atoms with E-state index in [0.29, 0.717) is 63.8 Å². The van der Waals surface area contributed by atoms with Gasteiger partial charge in [0.2, 0.25) is 5.69 Å². The Morgan fingerprint density at radius 1 is 0.795 bits per heavy atom. The molecule has 2 unspecified atom stereocenters. The first kappa shape index (κ1) is 57.9. The van der Waals surface area contributed by atoms with E-state index in [1.807, 2.05) is 69.9 Å². The predicted octanol–water partition coefficient (Wildman–Crippen LogP) is 8.18. The van der Waals surface area contributed by atoms with Gasteiger partial charge >= 0.3 is 0 Å². The van der Waals surface area contributed by atoms with E-state index in [2.05, 4.69) is 14.6 Å². The normalized spacial score (nSPS) is 17.0. The molecule has 0 radical (unpaired) electrons. The largest absolute Gasteiger partial charge is 0.367 e. The molecule has 2 aliphatic rings. The van der Waals surface area contributed by atoms with Crippen LogP contribution in [-0.4, -0.2) is 107 Å². The first-order valence-electron chi connectivity index (χ1n) is 24.4. The van der Waals surface area contributed by atoms with E-state index in [-0.39, 0.29) is 47.2 Å². The van der Waals surface area contributed by atoms with Crippen LogP contribution in [-0.2, 0) is 69.1 Å². The van der Waals surface area contributed by atoms with Crippen molar-refractivity contribution in [2.75, 3.05) is 28.5 Å². The van der Waals surface area contributed by atoms with Crippen molar-refractivity contribution < 1.29 is 70.0 Å². The number of hydrogen-bond donors (Lipinski definition) is 7. The Hall–Kier alpha value is -6.26. The molecular formula is C53H58N5O15S5+. The molecule has 0 bridgehead atoms. The number of carbonyl (C=O) groups excluding carboxylic acids is 1. The second-order valence-corrected chi connectivity index (χ2v) is 26.8. The van der Waals surface area contributed by atoms with Crippen molar-refractivity contribution in [3.05, 3.63) is 143 Å². The maximum Gasteiger partial charge on any atom is 0.295 e. The van der Waals surface area contributed by atoms with E-state index < -0.39 is 90.1 Å². The number of nitrogens with zero attached hydrogens (tertiary/aromatic N) is 3. The number of hydrogen-bond acceptors (Lipinski definition) is 12. The number of fused-ring (bicyclic) bond motifs is 6. The van der Waals surface area contributed by atoms with Crippen molar-refractivity contribution in [2.45, 2.75) is 98.9 Å². The first-order chi connectivity index (χ1) is 36.3. The van der Waals surface area contributed by atoms with Gasteiger partial charge in [-0.3, -0.25) is 37.3 Å². The van der Waals surface area contributed by atoms with Crippen molar-refractivity contribution in [1.82, 2.24) is 10.3 Å². The average molecular weight is 1170 g/mol. The number of allylic oxidation sites excluding steroid dienone is 3. The molecular weight excluding hydrogens is 1110 g/mol. The first-order valence-corrected chi connectivity index (χ1v) is 31.4. The lowest BCUT2D eigenvalue weighted by Gasteiger charge is -2.34. The number of pyridine rings is 1. The number of nitrogens with one attached hydrogen (secondary N) is 2. The number of amides is 1. The van der Waals surface area contributed by atoms with Crippen LogP contribution < -0.4 is 14.9 Å². The SMILES string of the molecule is CCC[N+]1=C(/C=C/C(=C/CC2N(CCCS(=O)(=O)O)c3ccc4c(S(=O)(=O)O)cc(S(=O)(=O)O)cc4c3C2(C)C)c2ccc(C(=O)NCc3ccc(NS(=O)O)cc3)cn2)C(C)(C)c2c1ccc1c(C)cc(S(=O)(=O)O)cc21. The van der Waals surface area contributed by atoms with Gasteiger partial charge < -0.3 is 10.2 Å². The molecule has 7 N–H and O–H groups in total. The predicted molar refractivity (Wildman–Crippen MR) is 298 cm³/mol. The van der Waals surface area contributed by atoms with Crippen LogP contribution in [0, 0.1) is 6.92 Å². The zero-order valence-electron chi connectivity index (χ0n) is 43.1. The summed E-state index contributed by atoms with van der Waals surface area (Å²) in [5.74, 6) is -1.06. The van der Waals surface area contributed by atoms with E-state index in [4.69, 9.17) is 9.54 Å². The highest BCUT2D eigenvalue weighted by Crippen LogP contribution is 2.51. The third kappa shape index (κ3) is 11.9. The minimum Gasteiger partial charge on any atom is -0.367 e. The highest BCUT2D eigenvalue weighted by Gasteiger charge is 2.47. The van der Waals surface area contributed by atoms with Crippen LogP contribution in [0.3, 0.4) is 0 Å². The number of carbonyl (C=O) groups is 1. The summed E-state index contributed by atoms with van der Waals surface area (Å²) in [5.41, 5.74) is 4.51. The minimum atomic E-state index is -5.06. The Morgan fingerprint density at radius 2 is 1.44 bits per heavy atom. The van der Waals surface area contributed by atoms with Crippen LogP contribution in [0.15, 0.2) is 124 Å². The second-order valence-electron chi connectivity index (χ2n) is 20.3. The summed E-state index contributed by atoms with van der Waals surface area (Å²) in [6.07, 6.45) is 7.91. The van der Waals surface area contributed by atoms with Crippen LogP contribution in [0.2, 0.25) is 0 Å². The molecule has 8 rings (SSSR count). The molecule has 0 saturated heterocycles. The van der Waals surface area contributed by atoms with Crippen molar-refractivity contribution >= 4 is 108 Å². The second kappa shape index (κ2) is 21.4. The molecule has 2 aliphatic heterocycles. The number of rotatable bonds is 19. The molecule has 1 amide bonds. The van der Waals surface area contributed by atoms with Crippen LogP contribution in [0.25, 0.3) is 27.1 Å². The molecule has 414 valence electrons. The molecule has 3 heterocycles. The zero-order valence-corrected chi connectivity index (χ0v) is 47.2. The van der Waals surface area contributed by atoms with Gasteiger partial charge in [0.25, 0.3) is 57.6 Å². The maximum atomic E-state index is 13.5. The summed E-state index contributed by atoms with van der Waals surface area (Å²) in [5, 5.41) is 4.33. The molecule has 6 aromatic rings. The third-order valence-corrected chi connectivity index (χ3v) is 18.2. The van der Waals surface area contributed by atoms with Crippen molar-refractivity contribution in [3.8, 4) is 0 Å². The monoisotopic (exact) mass is 1160 g/mol. The van der Waals surface area contributed by atoms with Gasteiger partial charge in [-0.1, -0.05) is 45.0 Å². The fraction of sp³-hybridized carbons (Fsp3) is 0.302. The molecule has 25 heteroatoms. The molecule has 20 nitrogen and oxygen atoms in total. The molecule has 1 aromatic heterocycles. The fourth-order valence-electron chi connectivity index (χ4n) is 10.9. The maximum absolute atomic E-state index is 13.5. The van der Waals surface area contributed by atoms with E-state index in [0.717, 1.165) is 28.4 Å². The standard InChI is InChI=1S/C53H57N5O15S5/c1-7-23-57-44-19-16-39-32(2)26-37(76(65,66)67)27-41(39)49(44)52(3,4)47(57)21-12-34(43-18-11-35(31-54-43)51(59)55-30-33-9-14-36(15-10-33)56-74(60)61)13-22-48-53(5,6)50-42-28-38(77(68,69)70)29-46(78(71,72)73)40(42)17-20-45(50)58(48)24-8-25-75(62,63)64/h9-21,26-29,31,48,56H,7-8,22-25,30H2,1-6H3,(H5-,55,59,60,61,62,63,64,65,66,67,68,69,70,71,72,73)/p+1/b21-12+,34-13-. The van der Waals surface area contributed by atoms with Gasteiger partial charge in [-0.2, -0.15) is 38.2 Å². The number of aromatic nitrogens is 1. The molecule has 0 saturated carbocycles. The number of aryl methyl sites for hydroxylation is 1. The van der Waals surface area contributed by atoms with Crippen LogP contribution in [0.1, 0.15) is 92.2 Å². The van der Waals surface area contributed by atoms with Crippen molar-refractivity contribution in [1.29, 1.82) is 0 Å². The van der Waals surface area contributed by atoms with Gasteiger partial charge in [0.15, 0.2) is 5.71 Å². The lowest BCUT2D eigenvalue weighted by atomic mass is 9.77. The molecule has 0 fully saturated rings. The Balaban J connectivity index is 1.25. The van der Waals surface area contributed by atoms with E-state index >= 15 is 0 Å². The van der Waals surface area contributed by atoms with Gasteiger partial charge in [-0.25, -0.2) is 4.21 Å². The van der Waals surface area contributed by atoms with E-state index in [1.54, 1.807) is 49.4 Å². The lowest BCUT2D eigenvalue weighted by molar-refractivity contribution is -0.437. The van der Waals surface area contributed by atoms with Gasteiger partial charge in [-0.05, 0) is 139 Å². The Kier molecular flexibility index (Phi) is 15.9. The summed E-state index contributed by atoms with van der Waals surface area (Å²) >= 11 is -2.26. The van der Waals surface area contributed by atoms with Gasteiger partial charge in [-0.15, -0.1) is 0 Å². The van der Waals surface area contributed by atoms with E-state index in [1.165, 1.54) is 24.4 Å². The molecule has 0 aliphatic carbocycles. The van der Waals surface area contributed by atoms with Crippen LogP contribution in [0.5, 0.6) is 0 Å². The Bertz CT molecular complexity index is 4030. The Labute approximate surface area is 455 Å². The molecule has 5 aromatic carbocycles. The van der Waals surface area contributed by atoms with E-state index in [9.17, 15) is 60.9 Å². The van der Waals surface area contributed by atoms with Gasteiger partial charge in [0.05, 0.1) is 32.2 Å². The molecule has 78 heavy (non-hydrogen) atoms. The van der Waals surface area contributed by atoms with Crippen molar-refractivity contribution in [2.24, 2.45) is 0 Å².